The first-order valence-corrected chi connectivity index (χ1v) is 7.54. The Balaban J connectivity index is 1.85. The molecule has 0 saturated heterocycles. The van der Waals surface area contributed by atoms with Gasteiger partial charge in [-0.25, -0.2) is 4.98 Å². The van der Waals surface area contributed by atoms with Gasteiger partial charge in [-0.2, -0.15) is 0 Å². The highest BCUT2D eigenvalue weighted by Crippen LogP contribution is 2.26. The third-order valence-corrected chi connectivity index (χ3v) is 3.33. The van der Waals surface area contributed by atoms with Gasteiger partial charge in [0.2, 0.25) is 0 Å². The second-order valence-corrected chi connectivity index (χ2v) is 5.09. The Morgan fingerprint density at radius 3 is 2.88 bits per heavy atom. The van der Waals surface area contributed by atoms with Crippen LogP contribution in [0.1, 0.15) is 23.1 Å². The fourth-order valence-electron chi connectivity index (χ4n) is 2.30. The quantitative estimate of drug-likeness (QED) is 0.701. The number of pyridine rings is 1. The minimum absolute atomic E-state index is 0.235. The van der Waals surface area contributed by atoms with E-state index in [2.05, 4.69) is 25.8 Å². The Kier molecular flexibility index (Phi) is 4.51. The van der Waals surface area contributed by atoms with Gasteiger partial charge in [0.05, 0.1) is 24.0 Å². The van der Waals surface area contributed by atoms with Crippen LogP contribution < -0.4 is 15.6 Å². The lowest BCUT2D eigenvalue weighted by Gasteiger charge is -2.12. The SMILES string of the molecule is CCOc1ccc2c(NNC(=O)c3cnccn3)cc(C)nc2c1. The van der Waals surface area contributed by atoms with Crippen molar-refractivity contribution in [2.24, 2.45) is 0 Å². The first-order valence-electron chi connectivity index (χ1n) is 7.54. The number of ether oxygens (including phenoxy) is 1. The lowest BCUT2D eigenvalue weighted by Crippen LogP contribution is -2.30. The Labute approximate surface area is 139 Å². The summed E-state index contributed by atoms with van der Waals surface area (Å²) in [5.41, 5.74) is 8.15. The summed E-state index contributed by atoms with van der Waals surface area (Å²) in [5.74, 6) is 0.397. The molecule has 0 aliphatic rings. The third kappa shape index (κ3) is 3.40. The number of hydrazine groups is 1. The van der Waals surface area contributed by atoms with E-state index in [-0.39, 0.29) is 11.6 Å². The van der Waals surface area contributed by atoms with E-state index in [4.69, 9.17) is 4.74 Å². The van der Waals surface area contributed by atoms with Crippen LogP contribution in [0.3, 0.4) is 0 Å². The summed E-state index contributed by atoms with van der Waals surface area (Å²) in [5, 5.41) is 0.878. The summed E-state index contributed by atoms with van der Waals surface area (Å²) in [6.07, 6.45) is 4.39. The van der Waals surface area contributed by atoms with Crippen molar-refractivity contribution >= 4 is 22.5 Å². The zero-order valence-corrected chi connectivity index (χ0v) is 13.4. The van der Waals surface area contributed by atoms with E-state index in [0.29, 0.717) is 6.61 Å². The molecule has 0 radical (unpaired) electrons. The maximum absolute atomic E-state index is 12.1. The van der Waals surface area contributed by atoms with Crippen molar-refractivity contribution in [2.45, 2.75) is 13.8 Å². The second-order valence-electron chi connectivity index (χ2n) is 5.09. The number of carbonyl (C=O) groups excluding carboxylic acids is 1. The summed E-state index contributed by atoms with van der Waals surface area (Å²) in [6, 6.07) is 7.52. The standard InChI is InChI=1S/C17H17N5O2/c1-3-24-12-4-5-13-14(9-12)20-11(2)8-15(13)21-22-17(23)16-10-18-6-7-19-16/h4-10H,3H2,1-2H3,(H,20,21)(H,22,23). The van der Waals surface area contributed by atoms with Gasteiger partial charge in [-0.3, -0.25) is 25.6 Å². The molecule has 1 amide bonds. The van der Waals surface area contributed by atoms with Gasteiger partial charge in [-0.05, 0) is 32.0 Å². The molecular weight excluding hydrogens is 306 g/mol. The van der Waals surface area contributed by atoms with Crippen LogP contribution in [0.2, 0.25) is 0 Å². The predicted octanol–water partition coefficient (Wildman–Crippen LogP) is 2.49. The molecule has 0 unspecified atom stereocenters. The van der Waals surface area contributed by atoms with E-state index >= 15 is 0 Å². The molecule has 3 aromatic rings. The molecule has 7 heteroatoms. The maximum atomic E-state index is 12.1. The van der Waals surface area contributed by atoms with Crippen LogP contribution in [0.4, 0.5) is 5.69 Å². The zero-order chi connectivity index (χ0) is 16.9. The summed E-state index contributed by atoms with van der Waals surface area (Å²) < 4.78 is 5.50. The molecule has 0 spiro atoms. The third-order valence-electron chi connectivity index (χ3n) is 3.33. The maximum Gasteiger partial charge on any atom is 0.289 e. The Bertz CT molecular complexity index is 867. The van der Waals surface area contributed by atoms with Crippen molar-refractivity contribution < 1.29 is 9.53 Å². The molecule has 0 aliphatic heterocycles. The highest BCUT2D eigenvalue weighted by molar-refractivity contribution is 5.96. The highest BCUT2D eigenvalue weighted by atomic mass is 16.5. The van der Waals surface area contributed by atoms with Crippen molar-refractivity contribution in [2.75, 3.05) is 12.0 Å². The van der Waals surface area contributed by atoms with E-state index in [9.17, 15) is 4.79 Å². The molecule has 2 heterocycles. The number of hydrogen-bond acceptors (Lipinski definition) is 6. The van der Waals surface area contributed by atoms with E-state index in [0.717, 1.165) is 28.0 Å². The minimum atomic E-state index is -0.364. The van der Waals surface area contributed by atoms with Gasteiger partial charge in [0.15, 0.2) is 0 Å². The Morgan fingerprint density at radius 1 is 1.25 bits per heavy atom. The normalized spacial score (nSPS) is 10.4. The predicted molar refractivity (Wildman–Crippen MR) is 90.8 cm³/mol. The molecule has 2 N–H and O–H groups in total. The average Bonchev–Trinajstić information content (AvgIpc) is 2.60. The fourth-order valence-corrected chi connectivity index (χ4v) is 2.30. The molecule has 0 fully saturated rings. The van der Waals surface area contributed by atoms with Crippen LogP contribution >= 0.6 is 0 Å². The number of nitrogens with one attached hydrogen (secondary N) is 2. The second kappa shape index (κ2) is 6.91. The molecule has 1 aromatic carbocycles. The van der Waals surface area contributed by atoms with Crippen LogP contribution in [0, 0.1) is 6.92 Å². The zero-order valence-electron chi connectivity index (χ0n) is 13.4. The first kappa shape index (κ1) is 15.7. The smallest absolute Gasteiger partial charge is 0.289 e. The van der Waals surface area contributed by atoms with Gasteiger partial charge in [-0.15, -0.1) is 0 Å². The molecule has 3 rings (SSSR count). The van der Waals surface area contributed by atoms with Crippen molar-refractivity contribution in [3.63, 3.8) is 0 Å². The number of anilines is 1. The van der Waals surface area contributed by atoms with Crippen molar-refractivity contribution in [3.8, 4) is 5.75 Å². The van der Waals surface area contributed by atoms with Crippen LogP contribution in [0.15, 0.2) is 42.9 Å². The Morgan fingerprint density at radius 2 is 2.12 bits per heavy atom. The molecule has 7 nitrogen and oxygen atoms in total. The summed E-state index contributed by atoms with van der Waals surface area (Å²) in [7, 11) is 0. The van der Waals surface area contributed by atoms with Crippen LogP contribution in [-0.4, -0.2) is 27.5 Å². The lowest BCUT2D eigenvalue weighted by molar-refractivity contribution is 0.0957. The number of aryl methyl sites for hydroxylation is 1. The number of benzene rings is 1. The van der Waals surface area contributed by atoms with Crippen molar-refractivity contribution in [3.05, 3.63) is 54.2 Å². The first-order chi connectivity index (χ1) is 11.7. The van der Waals surface area contributed by atoms with Crippen molar-refractivity contribution in [1.29, 1.82) is 0 Å². The lowest BCUT2D eigenvalue weighted by atomic mass is 10.1. The topological polar surface area (TPSA) is 89.0 Å². The summed E-state index contributed by atoms with van der Waals surface area (Å²) >= 11 is 0. The molecule has 0 bridgehead atoms. The van der Waals surface area contributed by atoms with E-state index in [1.807, 2.05) is 38.1 Å². The number of carbonyl (C=O) groups is 1. The largest absolute Gasteiger partial charge is 0.494 e. The molecule has 2 aromatic heterocycles. The molecule has 0 saturated carbocycles. The van der Waals surface area contributed by atoms with Crippen molar-refractivity contribution in [1.82, 2.24) is 20.4 Å². The number of nitrogens with zero attached hydrogens (tertiary/aromatic N) is 3. The van der Waals surface area contributed by atoms with Gasteiger partial charge in [-0.1, -0.05) is 0 Å². The summed E-state index contributed by atoms with van der Waals surface area (Å²) in [4.78, 5) is 24.4. The highest BCUT2D eigenvalue weighted by Gasteiger charge is 2.09. The van der Waals surface area contributed by atoms with Gasteiger partial charge in [0, 0.05) is 29.5 Å². The van der Waals surface area contributed by atoms with E-state index in [1.165, 1.54) is 18.6 Å². The van der Waals surface area contributed by atoms with Gasteiger partial charge in [0.25, 0.3) is 5.91 Å². The fraction of sp³-hybridized carbons (Fsp3) is 0.176. The number of fused-ring (bicyclic) bond motifs is 1. The number of rotatable bonds is 5. The van der Waals surface area contributed by atoms with Gasteiger partial charge >= 0.3 is 0 Å². The van der Waals surface area contributed by atoms with Crippen LogP contribution in [0.25, 0.3) is 10.9 Å². The summed E-state index contributed by atoms with van der Waals surface area (Å²) in [6.45, 7) is 4.42. The number of amides is 1. The van der Waals surface area contributed by atoms with Gasteiger partial charge < -0.3 is 4.74 Å². The molecule has 0 aliphatic carbocycles. The number of hydrogen-bond donors (Lipinski definition) is 2. The number of aromatic nitrogens is 3. The Hall–Kier alpha value is -3.22. The van der Waals surface area contributed by atoms with E-state index in [1.54, 1.807) is 0 Å². The molecule has 24 heavy (non-hydrogen) atoms. The molecule has 122 valence electrons. The molecular formula is C17H17N5O2. The van der Waals surface area contributed by atoms with Crippen LogP contribution in [0.5, 0.6) is 5.75 Å². The average molecular weight is 323 g/mol. The molecule has 0 atom stereocenters. The van der Waals surface area contributed by atoms with Crippen LogP contribution in [-0.2, 0) is 0 Å². The monoisotopic (exact) mass is 323 g/mol. The minimum Gasteiger partial charge on any atom is -0.494 e. The van der Waals surface area contributed by atoms with E-state index < -0.39 is 0 Å². The van der Waals surface area contributed by atoms with Gasteiger partial charge in [0.1, 0.15) is 11.4 Å².